The van der Waals surface area contributed by atoms with Crippen molar-refractivity contribution in [2.24, 2.45) is 16.7 Å². The van der Waals surface area contributed by atoms with Crippen molar-refractivity contribution < 1.29 is 4.79 Å². The summed E-state index contributed by atoms with van der Waals surface area (Å²) in [6.45, 7) is 6.72. The zero-order chi connectivity index (χ0) is 14.3. The molecule has 0 N–H and O–H groups in total. The third-order valence-electron chi connectivity index (χ3n) is 5.19. The van der Waals surface area contributed by atoms with Gasteiger partial charge in [-0.1, -0.05) is 20.8 Å². The molecule has 3 heteroatoms. The van der Waals surface area contributed by atoms with Gasteiger partial charge in [0.15, 0.2) is 0 Å². The molecule has 0 aliphatic heterocycles. The number of amides is 1. The van der Waals surface area contributed by atoms with Gasteiger partial charge in [-0.05, 0) is 49.9 Å². The summed E-state index contributed by atoms with van der Waals surface area (Å²) < 4.78 is 0. The molecule has 19 heavy (non-hydrogen) atoms. The zero-order valence-corrected chi connectivity index (χ0v) is 12.7. The van der Waals surface area contributed by atoms with E-state index in [9.17, 15) is 10.1 Å². The lowest BCUT2D eigenvalue weighted by atomic mass is 9.62. The summed E-state index contributed by atoms with van der Waals surface area (Å²) in [6, 6.07) is 2.63. The summed E-state index contributed by atoms with van der Waals surface area (Å²) in [6.07, 6.45) is 5.98. The molecule has 0 aromatic heterocycles. The lowest BCUT2D eigenvalue weighted by Gasteiger charge is -2.45. The molecule has 2 aliphatic rings. The first-order chi connectivity index (χ1) is 8.80. The molecule has 0 bridgehead atoms. The Bertz CT molecular complexity index is 391. The molecule has 2 aliphatic carbocycles. The van der Waals surface area contributed by atoms with E-state index in [2.05, 4.69) is 26.8 Å². The molecule has 0 saturated heterocycles. The van der Waals surface area contributed by atoms with Crippen LogP contribution in [0.25, 0.3) is 0 Å². The van der Waals surface area contributed by atoms with Crippen LogP contribution in [0.4, 0.5) is 0 Å². The SMILES string of the molecule is CC1CC(C#N)(C(=O)N(C)C2CCC(C)(C)CC2)C1. The van der Waals surface area contributed by atoms with Gasteiger partial charge >= 0.3 is 0 Å². The Morgan fingerprint density at radius 1 is 1.26 bits per heavy atom. The fraction of sp³-hybridized carbons (Fsp3) is 0.875. The first kappa shape index (κ1) is 14.4. The van der Waals surface area contributed by atoms with Gasteiger partial charge in [-0.3, -0.25) is 4.79 Å². The normalized spacial score (nSPS) is 34.2. The van der Waals surface area contributed by atoms with Gasteiger partial charge in [-0.25, -0.2) is 0 Å². The second kappa shape index (κ2) is 4.81. The minimum Gasteiger partial charge on any atom is -0.341 e. The summed E-state index contributed by atoms with van der Waals surface area (Å²) in [5, 5.41) is 9.36. The minimum absolute atomic E-state index is 0.0674. The summed E-state index contributed by atoms with van der Waals surface area (Å²) in [7, 11) is 1.90. The highest BCUT2D eigenvalue weighted by atomic mass is 16.2. The van der Waals surface area contributed by atoms with E-state index in [1.165, 1.54) is 12.8 Å². The molecule has 0 spiro atoms. The van der Waals surface area contributed by atoms with Crippen molar-refractivity contribution >= 4 is 5.91 Å². The molecule has 2 rings (SSSR count). The van der Waals surface area contributed by atoms with Gasteiger partial charge < -0.3 is 4.90 Å². The summed E-state index contributed by atoms with van der Waals surface area (Å²) in [5.74, 6) is 0.583. The van der Waals surface area contributed by atoms with Crippen LogP contribution in [0.3, 0.4) is 0 Å². The van der Waals surface area contributed by atoms with E-state index in [1.807, 2.05) is 11.9 Å². The number of nitrogens with zero attached hydrogens (tertiary/aromatic N) is 2. The lowest BCUT2D eigenvalue weighted by molar-refractivity contribution is -0.147. The van der Waals surface area contributed by atoms with Crippen LogP contribution in [0, 0.1) is 28.1 Å². The summed E-state index contributed by atoms with van der Waals surface area (Å²) in [4.78, 5) is 14.5. The molecule has 0 aromatic carbocycles. The predicted molar refractivity (Wildman–Crippen MR) is 75.3 cm³/mol. The Hall–Kier alpha value is -1.04. The van der Waals surface area contributed by atoms with Crippen molar-refractivity contribution in [3.05, 3.63) is 0 Å². The van der Waals surface area contributed by atoms with Crippen LogP contribution in [0.15, 0.2) is 0 Å². The molecule has 0 radical (unpaired) electrons. The summed E-state index contributed by atoms with van der Waals surface area (Å²) in [5.41, 5.74) is -0.292. The highest BCUT2D eigenvalue weighted by Gasteiger charge is 2.51. The Labute approximate surface area is 117 Å². The van der Waals surface area contributed by atoms with E-state index in [0.29, 0.717) is 17.4 Å². The van der Waals surface area contributed by atoms with Gasteiger partial charge in [0.05, 0.1) is 6.07 Å². The van der Waals surface area contributed by atoms with E-state index < -0.39 is 5.41 Å². The van der Waals surface area contributed by atoms with Crippen LogP contribution in [-0.4, -0.2) is 23.9 Å². The standard InChI is InChI=1S/C16H26N2O/c1-12-9-16(10-12,11-17)14(19)18(4)13-5-7-15(2,3)8-6-13/h12-13H,5-10H2,1-4H3. The molecule has 1 amide bonds. The molecule has 2 saturated carbocycles. The van der Waals surface area contributed by atoms with Crippen molar-refractivity contribution in [2.45, 2.75) is 65.3 Å². The van der Waals surface area contributed by atoms with Gasteiger partial charge in [0.1, 0.15) is 5.41 Å². The van der Waals surface area contributed by atoms with Crippen LogP contribution in [0.5, 0.6) is 0 Å². The Kier molecular flexibility index (Phi) is 3.64. The van der Waals surface area contributed by atoms with Gasteiger partial charge in [0.25, 0.3) is 0 Å². The van der Waals surface area contributed by atoms with Crippen LogP contribution in [0.2, 0.25) is 0 Å². The number of carbonyl (C=O) groups excluding carboxylic acids is 1. The van der Waals surface area contributed by atoms with Crippen LogP contribution >= 0.6 is 0 Å². The molecule has 2 fully saturated rings. The lowest BCUT2D eigenvalue weighted by Crippen LogP contribution is -2.52. The monoisotopic (exact) mass is 262 g/mol. The molecular formula is C16H26N2O. The highest BCUT2D eigenvalue weighted by molar-refractivity contribution is 5.86. The van der Waals surface area contributed by atoms with Crippen molar-refractivity contribution in [1.82, 2.24) is 4.90 Å². The fourth-order valence-electron chi connectivity index (χ4n) is 3.72. The molecule has 0 aromatic rings. The maximum atomic E-state index is 12.6. The Balaban J connectivity index is 1.99. The summed E-state index contributed by atoms with van der Waals surface area (Å²) >= 11 is 0. The molecular weight excluding hydrogens is 236 g/mol. The number of rotatable bonds is 2. The van der Waals surface area contributed by atoms with Gasteiger partial charge in [0.2, 0.25) is 5.91 Å². The van der Waals surface area contributed by atoms with Crippen LogP contribution in [0.1, 0.15) is 59.3 Å². The third kappa shape index (κ3) is 2.63. The van der Waals surface area contributed by atoms with Gasteiger partial charge in [0, 0.05) is 13.1 Å². The number of hydrogen-bond donors (Lipinski definition) is 0. The number of nitriles is 1. The molecule has 0 unspecified atom stereocenters. The Morgan fingerprint density at radius 3 is 2.21 bits per heavy atom. The molecule has 3 nitrogen and oxygen atoms in total. The smallest absolute Gasteiger partial charge is 0.243 e. The average molecular weight is 262 g/mol. The van der Waals surface area contributed by atoms with E-state index in [4.69, 9.17) is 0 Å². The minimum atomic E-state index is -0.707. The van der Waals surface area contributed by atoms with Crippen molar-refractivity contribution in [1.29, 1.82) is 5.26 Å². The first-order valence-electron chi connectivity index (χ1n) is 7.48. The zero-order valence-electron chi connectivity index (χ0n) is 12.7. The largest absolute Gasteiger partial charge is 0.341 e. The molecule has 0 heterocycles. The second-order valence-electron chi connectivity index (χ2n) is 7.52. The van der Waals surface area contributed by atoms with Crippen molar-refractivity contribution in [3.8, 4) is 6.07 Å². The van der Waals surface area contributed by atoms with Crippen molar-refractivity contribution in [2.75, 3.05) is 7.05 Å². The molecule has 106 valence electrons. The third-order valence-corrected chi connectivity index (χ3v) is 5.19. The predicted octanol–water partition coefficient (Wildman–Crippen LogP) is 3.35. The van der Waals surface area contributed by atoms with E-state index in [1.54, 1.807) is 0 Å². The highest BCUT2D eigenvalue weighted by Crippen LogP contribution is 2.47. The Morgan fingerprint density at radius 2 is 1.79 bits per heavy atom. The quantitative estimate of drug-likeness (QED) is 0.766. The van der Waals surface area contributed by atoms with E-state index in [-0.39, 0.29) is 5.91 Å². The van der Waals surface area contributed by atoms with E-state index >= 15 is 0 Å². The van der Waals surface area contributed by atoms with E-state index in [0.717, 1.165) is 25.7 Å². The number of carbonyl (C=O) groups is 1. The van der Waals surface area contributed by atoms with Crippen LogP contribution < -0.4 is 0 Å². The molecule has 0 atom stereocenters. The number of hydrogen-bond acceptors (Lipinski definition) is 2. The van der Waals surface area contributed by atoms with Crippen molar-refractivity contribution in [3.63, 3.8) is 0 Å². The average Bonchev–Trinajstić information content (AvgIpc) is 2.33. The second-order valence-corrected chi connectivity index (χ2v) is 7.52. The topological polar surface area (TPSA) is 44.1 Å². The van der Waals surface area contributed by atoms with Gasteiger partial charge in [-0.2, -0.15) is 5.26 Å². The van der Waals surface area contributed by atoms with Crippen LogP contribution in [-0.2, 0) is 4.79 Å². The van der Waals surface area contributed by atoms with Gasteiger partial charge in [-0.15, -0.1) is 0 Å². The maximum Gasteiger partial charge on any atom is 0.243 e. The fourth-order valence-corrected chi connectivity index (χ4v) is 3.72. The first-order valence-corrected chi connectivity index (χ1v) is 7.48. The maximum absolute atomic E-state index is 12.6.